The molecule has 2 heterocycles. The van der Waals surface area contributed by atoms with E-state index < -0.39 is 4.92 Å². The number of ether oxygens (including phenoxy) is 1. The molecule has 1 saturated heterocycles. The Labute approximate surface area is 168 Å². The largest absolute Gasteiger partial charge is 0.466 e. The van der Waals surface area contributed by atoms with Crippen LogP contribution in [0.3, 0.4) is 0 Å². The zero-order chi connectivity index (χ0) is 21.2. The van der Waals surface area contributed by atoms with Gasteiger partial charge in [-0.05, 0) is 19.8 Å². The molecule has 0 radical (unpaired) electrons. The van der Waals surface area contributed by atoms with Gasteiger partial charge in [0.05, 0.1) is 42.4 Å². The van der Waals surface area contributed by atoms with Gasteiger partial charge in [-0.15, -0.1) is 0 Å². The maximum atomic E-state index is 11.9. The third-order valence-electron chi connectivity index (χ3n) is 4.67. The normalized spacial score (nSPS) is 14.0. The van der Waals surface area contributed by atoms with Gasteiger partial charge >= 0.3 is 11.7 Å². The van der Waals surface area contributed by atoms with E-state index in [1.165, 1.54) is 6.33 Å². The molecule has 11 heteroatoms. The molecular weight excluding hydrogens is 378 g/mol. The number of hydrogen-bond donors (Lipinski definition) is 0. The van der Waals surface area contributed by atoms with Gasteiger partial charge in [0, 0.05) is 26.2 Å². The maximum Gasteiger partial charge on any atom is 0.353 e. The van der Waals surface area contributed by atoms with E-state index in [0.717, 1.165) is 0 Å². The molecule has 0 saturated carbocycles. The molecule has 0 aromatic carbocycles. The van der Waals surface area contributed by atoms with Crippen LogP contribution in [0.15, 0.2) is 6.33 Å². The van der Waals surface area contributed by atoms with Gasteiger partial charge < -0.3 is 14.5 Å². The van der Waals surface area contributed by atoms with E-state index >= 15 is 0 Å². The van der Waals surface area contributed by atoms with E-state index in [2.05, 4.69) is 9.97 Å². The summed E-state index contributed by atoms with van der Waals surface area (Å²) in [6, 6.07) is 4.01. The summed E-state index contributed by atoms with van der Waals surface area (Å²) in [7, 11) is 0. The smallest absolute Gasteiger partial charge is 0.353 e. The highest BCUT2D eigenvalue weighted by Gasteiger charge is 2.33. The highest BCUT2D eigenvalue weighted by atomic mass is 16.6. The second-order valence-electron chi connectivity index (χ2n) is 6.44. The van der Waals surface area contributed by atoms with E-state index in [-0.39, 0.29) is 55.1 Å². The quantitative estimate of drug-likeness (QED) is 0.340. The molecule has 0 aliphatic carbocycles. The number of esters is 1. The van der Waals surface area contributed by atoms with Crippen LogP contribution in [0.1, 0.15) is 32.6 Å². The molecule has 2 rings (SSSR count). The van der Waals surface area contributed by atoms with Crippen LogP contribution in [-0.4, -0.2) is 53.6 Å². The van der Waals surface area contributed by atoms with Crippen molar-refractivity contribution in [2.45, 2.75) is 32.6 Å². The van der Waals surface area contributed by atoms with E-state index in [4.69, 9.17) is 15.3 Å². The Hall–Kier alpha value is -3.47. The van der Waals surface area contributed by atoms with Crippen LogP contribution in [0.25, 0.3) is 0 Å². The third-order valence-corrected chi connectivity index (χ3v) is 4.67. The fourth-order valence-electron chi connectivity index (χ4n) is 3.27. The van der Waals surface area contributed by atoms with Crippen LogP contribution < -0.4 is 9.80 Å². The van der Waals surface area contributed by atoms with Crippen molar-refractivity contribution in [2.75, 3.05) is 42.6 Å². The molecule has 1 aliphatic heterocycles. The average Bonchev–Trinajstić information content (AvgIpc) is 2.73. The second kappa shape index (κ2) is 10.8. The van der Waals surface area contributed by atoms with Crippen LogP contribution in [0, 0.1) is 38.7 Å². The molecule has 1 aliphatic rings. The van der Waals surface area contributed by atoms with Crippen LogP contribution in [0.5, 0.6) is 0 Å². The molecule has 29 heavy (non-hydrogen) atoms. The molecule has 0 unspecified atom stereocenters. The Bertz CT molecular complexity index is 791. The first kappa shape index (κ1) is 21.8. The zero-order valence-electron chi connectivity index (χ0n) is 16.3. The topological polar surface area (TPSA) is 149 Å². The third kappa shape index (κ3) is 5.51. The Morgan fingerprint density at radius 1 is 1.31 bits per heavy atom. The van der Waals surface area contributed by atoms with Gasteiger partial charge in [-0.2, -0.15) is 10.5 Å². The Kier molecular flexibility index (Phi) is 8.10. The molecule has 0 amide bonds. The fraction of sp³-hybridized carbons (Fsp3) is 0.611. The summed E-state index contributed by atoms with van der Waals surface area (Å²) in [5.41, 5.74) is -0.252. The minimum Gasteiger partial charge on any atom is -0.466 e. The van der Waals surface area contributed by atoms with Crippen molar-refractivity contribution in [1.29, 1.82) is 10.5 Å². The number of nitriles is 2. The maximum absolute atomic E-state index is 11.9. The van der Waals surface area contributed by atoms with E-state index in [1.54, 1.807) is 16.7 Å². The van der Waals surface area contributed by atoms with Crippen molar-refractivity contribution in [1.82, 2.24) is 9.97 Å². The van der Waals surface area contributed by atoms with E-state index in [9.17, 15) is 14.9 Å². The van der Waals surface area contributed by atoms with Gasteiger partial charge in [0.2, 0.25) is 11.6 Å². The van der Waals surface area contributed by atoms with Gasteiger partial charge in [0.15, 0.2) is 0 Å². The first-order chi connectivity index (χ1) is 14.0. The van der Waals surface area contributed by atoms with Gasteiger partial charge in [0.25, 0.3) is 0 Å². The molecule has 0 spiro atoms. The van der Waals surface area contributed by atoms with Crippen molar-refractivity contribution in [2.24, 2.45) is 5.92 Å². The highest BCUT2D eigenvalue weighted by molar-refractivity contribution is 5.74. The molecule has 154 valence electrons. The summed E-state index contributed by atoms with van der Waals surface area (Å²) in [5, 5.41) is 29.6. The summed E-state index contributed by atoms with van der Waals surface area (Å²) in [6.45, 7) is 3.37. The molecule has 0 atom stereocenters. The predicted molar refractivity (Wildman–Crippen MR) is 103 cm³/mol. The van der Waals surface area contributed by atoms with Gasteiger partial charge in [-0.3, -0.25) is 14.9 Å². The fourth-order valence-corrected chi connectivity index (χ4v) is 3.27. The Morgan fingerprint density at radius 3 is 2.45 bits per heavy atom. The molecule has 1 aromatic heterocycles. The summed E-state index contributed by atoms with van der Waals surface area (Å²) < 4.78 is 5.06. The minimum atomic E-state index is -0.534. The second-order valence-corrected chi connectivity index (χ2v) is 6.44. The molecule has 1 fully saturated rings. The van der Waals surface area contributed by atoms with Crippen molar-refractivity contribution < 1.29 is 14.5 Å². The summed E-state index contributed by atoms with van der Waals surface area (Å²) in [6.07, 6.45) is 2.57. The van der Waals surface area contributed by atoms with Crippen LogP contribution in [0.4, 0.5) is 17.3 Å². The van der Waals surface area contributed by atoms with E-state index in [0.29, 0.717) is 32.5 Å². The number of carbonyl (C=O) groups excluding carboxylic acids is 1. The molecule has 0 N–H and O–H groups in total. The number of anilines is 2. The van der Waals surface area contributed by atoms with Gasteiger partial charge in [0.1, 0.15) is 6.33 Å². The number of piperidine rings is 1. The number of rotatable bonds is 9. The molecule has 0 bridgehead atoms. The molecular formula is C18H23N7O4. The molecule has 1 aromatic rings. The van der Waals surface area contributed by atoms with Crippen molar-refractivity contribution in [3.05, 3.63) is 16.4 Å². The van der Waals surface area contributed by atoms with Crippen LogP contribution >= 0.6 is 0 Å². The van der Waals surface area contributed by atoms with Crippen LogP contribution in [0.2, 0.25) is 0 Å². The number of carbonyl (C=O) groups is 1. The summed E-state index contributed by atoms with van der Waals surface area (Å²) in [4.78, 5) is 34.8. The minimum absolute atomic E-state index is 0.0954. The lowest BCUT2D eigenvalue weighted by Crippen LogP contribution is -2.38. The summed E-state index contributed by atoms with van der Waals surface area (Å²) >= 11 is 0. The van der Waals surface area contributed by atoms with Crippen molar-refractivity contribution >= 4 is 23.3 Å². The Morgan fingerprint density at radius 2 is 1.93 bits per heavy atom. The lowest BCUT2D eigenvalue weighted by molar-refractivity contribution is -0.383. The lowest BCUT2D eigenvalue weighted by Gasteiger charge is -2.32. The molecule has 11 nitrogen and oxygen atoms in total. The number of aromatic nitrogens is 2. The monoisotopic (exact) mass is 401 g/mol. The zero-order valence-corrected chi connectivity index (χ0v) is 16.3. The number of nitro groups is 1. The van der Waals surface area contributed by atoms with Crippen molar-refractivity contribution in [3.63, 3.8) is 0 Å². The SMILES string of the molecule is CCOC(=O)C1CCN(c2ncnc(N(CCC#N)CCC#N)c2[N+](=O)[O-])CC1. The lowest BCUT2D eigenvalue weighted by atomic mass is 9.97. The van der Waals surface area contributed by atoms with Crippen LogP contribution in [-0.2, 0) is 9.53 Å². The highest BCUT2D eigenvalue weighted by Crippen LogP contribution is 2.36. The van der Waals surface area contributed by atoms with E-state index in [1.807, 2.05) is 12.1 Å². The number of nitrogens with zero attached hydrogens (tertiary/aromatic N) is 7. The predicted octanol–water partition coefficient (Wildman–Crippen LogP) is 1.80. The standard InChI is InChI=1S/C18H23N7O4/c1-2-29-18(26)14-5-11-24(12-6-14)17-15(25(27)28)16(21-13-22-17)23(9-3-7-19)10-4-8-20/h13-14H,2-6,9-12H2,1H3. The van der Waals surface area contributed by atoms with Gasteiger partial charge in [-0.1, -0.05) is 0 Å². The summed E-state index contributed by atoms with van der Waals surface area (Å²) in [5.74, 6) is -0.197. The van der Waals surface area contributed by atoms with Gasteiger partial charge in [-0.25, -0.2) is 9.97 Å². The first-order valence-electron chi connectivity index (χ1n) is 9.43. The average molecular weight is 401 g/mol. The Balaban J connectivity index is 2.28. The number of hydrogen-bond acceptors (Lipinski definition) is 10. The van der Waals surface area contributed by atoms with Crippen molar-refractivity contribution in [3.8, 4) is 12.1 Å². The first-order valence-corrected chi connectivity index (χ1v) is 9.43.